The maximum atomic E-state index is 12.4. The minimum absolute atomic E-state index is 0.166. The van der Waals surface area contributed by atoms with Crippen LogP contribution in [-0.4, -0.2) is 31.8 Å². The molecule has 1 aromatic carbocycles. The third-order valence-corrected chi connectivity index (χ3v) is 4.47. The summed E-state index contributed by atoms with van der Waals surface area (Å²) in [5.41, 5.74) is 2.48. The highest BCUT2D eigenvalue weighted by molar-refractivity contribution is 7.92. The Bertz CT molecular complexity index is 722. The van der Waals surface area contributed by atoms with Crippen molar-refractivity contribution in [2.75, 3.05) is 18.3 Å². The van der Waals surface area contributed by atoms with Gasteiger partial charge in [-0.3, -0.25) is 9.40 Å². The Hall–Kier alpha value is -1.86. The Labute approximate surface area is 125 Å². The summed E-state index contributed by atoms with van der Waals surface area (Å²) in [7, 11) is -1.77. The quantitative estimate of drug-likeness (QED) is 0.848. The molecule has 2 rings (SSSR count). The fourth-order valence-electron chi connectivity index (χ4n) is 1.88. The molecule has 7 heteroatoms. The maximum absolute atomic E-state index is 12.4. The number of nitrogens with zero attached hydrogens (tertiary/aromatic N) is 2. The van der Waals surface area contributed by atoms with E-state index in [9.17, 15) is 8.42 Å². The van der Waals surface area contributed by atoms with Crippen molar-refractivity contribution < 1.29 is 8.42 Å². The average molecular weight is 308 g/mol. The number of sulfonamides is 1. The predicted octanol–water partition coefficient (Wildman–Crippen LogP) is 1.52. The van der Waals surface area contributed by atoms with Gasteiger partial charge in [0.25, 0.3) is 10.0 Å². The largest absolute Gasteiger partial charge is 0.318 e. The number of rotatable bonds is 6. The molecule has 2 aromatic rings. The number of aryl methyl sites for hydroxylation is 2. The topological polar surface area (TPSA) is 76.0 Å². The van der Waals surface area contributed by atoms with Crippen LogP contribution in [0.4, 0.5) is 5.69 Å². The predicted molar refractivity (Wildman–Crippen MR) is 82.9 cm³/mol. The van der Waals surface area contributed by atoms with E-state index in [-0.39, 0.29) is 4.90 Å². The lowest BCUT2D eigenvalue weighted by Gasteiger charge is -2.10. The first kappa shape index (κ1) is 15.5. The highest BCUT2D eigenvalue weighted by Gasteiger charge is 2.17. The Kier molecular flexibility index (Phi) is 4.64. The van der Waals surface area contributed by atoms with Crippen LogP contribution in [0.15, 0.2) is 35.5 Å². The van der Waals surface area contributed by atoms with E-state index in [0.717, 1.165) is 17.7 Å². The van der Waals surface area contributed by atoms with Crippen molar-refractivity contribution in [1.82, 2.24) is 15.1 Å². The molecule has 0 unspecified atom stereocenters. The molecule has 2 N–H and O–H groups in total. The van der Waals surface area contributed by atoms with Crippen molar-refractivity contribution in [3.8, 4) is 0 Å². The van der Waals surface area contributed by atoms with Crippen LogP contribution in [0.25, 0.3) is 0 Å². The van der Waals surface area contributed by atoms with Gasteiger partial charge in [0.15, 0.2) is 0 Å². The van der Waals surface area contributed by atoms with Gasteiger partial charge in [0.05, 0.1) is 18.4 Å². The van der Waals surface area contributed by atoms with Crippen LogP contribution in [0.3, 0.4) is 0 Å². The molecule has 114 valence electrons. The van der Waals surface area contributed by atoms with Gasteiger partial charge in [-0.15, -0.1) is 0 Å². The summed E-state index contributed by atoms with van der Waals surface area (Å²) >= 11 is 0. The molecule has 21 heavy (non-hydrogen) atoms. The van der Waals surface area contributed by atoms with Crippen LogP contribution in [-0.2, 0) is 16.6 Å². The fraction of sp³-hybridized carbons (Fsp3) is 0.357. The van der Waals surface area contributed by atoms with E-state index in [2.05, 4.69) is 15.1 Å². The molecule has 0 aliphatic heterocycles. The number of hydrogen-bond donors (Lipinski definition) is 2. The molecule has 0 amide bonds. The molecule has 1 heterocycles. The number of anilines is 1. The van der Waals surface area contributed by atoms with Gasteiger partial charge >= 0.3 is 0 Å². The second kappa shape index (κ2) is 6.28. The first-order chi connectivity index (χ1) is 9.92. The molecule has 0 saturated heterocycles. The SMILES string of the molecule is CNCCn1cc(S(=O)(=O)Nc2cc(C)ccc2C)cn1. The monoisotopic (exact) mass is 308 g/mol. The zero-order chi connectivity index (χ0) is 15.5. The minimum atomic E-state index is -3.61. The number of benzene rings is 1. The van der Waals surface area contributed by atoms with Gasteiger partial charge in [0.1, 0.15) is 4.90 Å². The third kappa shape index (κ3) is 3.83. The highest BCUT2D eigenvalue weighted by Crippen LogP contribution is 2.20. The van der Waals surface area contributed by atoms with Gasteiger partial charge in [-0.2, -0.15) is 5.10 Å². The summed E-state index contributed by atoms with van der Waals surface area (Å²) in [5, 5.41) is 7.05. The lowest BCUT2D eigenvalue weighted by atomic mass is 10.1. The van der Waals surface area contributed by atoms with Crippen molar-refractivity contribution in [1.29, 1.82) is 0 Å². The Morgan fingerprint density at radius 1 is 1.29 bits per heavy atom. The Morgan fingerprint density at radius 3 is 2.76 bits per heavy atom. The summed E-state index contributed by atoms with van der Waals surface area (Å²) in [6, 6.07) is 5.66. The molecular formula is C14H20N4O2S. The van der Waals surface area contributed by atoms with Crippen molar-refractivity contribution >= 4 is 15.7 Å². The Morgan fingerprint density at radius 2 is 2.05 bits per heavy atom. The number of hydrogen-bond acceptors (Lipinski definition) is 4. The maximum Gasteiger partial charge on any atom is 0.265 e. The van der Waals surface area contributed by atoms with Crippen LogP contribution in [0.2, 0.25) is 0 Å². The number of aromatic nitrogens is 2. The first-order valence-corrected chi connectivity index (χ1v) is 8.18. The van der Waals surface area contributed by atoms with Crippen LogP contribution >= 0.6 is 0 Å². The fourth-order valence-corrected chi connectivity index (χ4v) is 2.96. The molecule has 0 bridgehead atoms. The van der Waals surface area contributed by atoms with Gasteiger partial charge < -0.3 is 5.32 Å². The lowest BCUT2D eigenvalue weighted by molar-refractivity contribution is 0.582. The molecule has 1 aromatic heterocycles. The van der Waals surface area contributed by atoms with E-state index in [4.69, 9.17) is 0 Å². The Balaban J connectivity index is 2.22. The summed E-state index contributed by atoms with van der Waals surface area (Å²) in [5.74, 6) is 0. The molecule has 0 aliphatic rings. The summed E-state index contributed by atoms with van der Waals surface area (Å²) in [6.45, 7) is 5.14. The van der Waals surface area contributed by atoms with Crippen molar-refractivity contribution in [3.63, 3.8) is 0 Å². The number of nitrogens with one attached hydrogen (secondary N) is 2. The van der Waals surface area contributed by atoms with Gasteiger partial charge in [0, 0.05) is 12.7 Å². The van der Waals surface area contributed by atoms with Crippen molar-refractivity contribution in [3.05, 3.63) is 41.7 Å². The van der Waals surface area contributed by atoms with Gasteiger partial charge in [0.2, 0.25) is 0 Å². The molecular weight excluding hydrogens is 288 g/mol. The highest BCUT2D eigenvalue weighted by atomic mass is 32.2. The normalized spacial score (nSPS) is 11.6. The molecule has 0 spiro atoms. The zero-order valence-electron chi connectivity index (χ0n) is 12.4. The average Bonchev–Trinajstić information content (AvgIpc) is 2.90. The number of likely N-dealkylation sites (N-methyl/N-ethyl adjacent to an activating group) is 1. The first-order valence-electron chi connectivity index (χ1n) is 6.69. The van der Waals surface area contributed by atoms with Crippen LogP contribution in [0.1, 0.15) is 11.1 Å². The van der Waals surface area contributed by atoms with Crippen LogP contribution in [0, 0.1) is 13.8 Å². The third-order valence-electron chi connectivity index (χ3n) is 3.15. The molecule has 0 fully saturated rings. The molecule has 6 nitrogen and oxygen atoms in total. The van der Waals surface area contributed by atoms with Crippen LogP contribution in [0.5, 0.6) is 0 Å². The van der Waals surface area contributed by atoms with E-state index in [1.807, 2.05) is 39.1 Å². The standard InChI is InChI=1S/C14H20N4O2S/c1-11-4-5-12(2)14(8-11)17-21(19,20)13-9-16-18(10-13)7-6-15-3/h4-5,8-10,15,17H,6-7H2,1-3H3. The van der Waals surface area contributed by atoms with Gasteiger partial charge in [-0.05, 0) is 38.1 Å². The van der Waals surface area contributed by atoms with Crippen molar-refractivity contribution in [2.45, 2.75) is 25.3 Å². The molecule has 0 radical (unpaired) electrons. The van der Waals surface area contributed by atoms with E-state index in [1.165, 1.54) is 12.4 Å². The smallest absolute Gasteiger partial charge is 0.265 e. The minimum Gasteiger partial charge on any atom is -0.318 e. The summed E-state index contributed by atoms with van der Waals surface area (Å²) in [4.78, 5) is 0.166. The molecule has 0 saturated carbocycles. The van der Waals surface area contributed by atoms with E-state index in [1.54, 1.807) is 4.68 Å². The van der Waals surface area contributed by atoms with Crippen LogP contribution < -0.4 is 10.0 Å². The van der Waals surface area contributed by atoms with Crippen molar-refractivity contribution in [2.24, 2.45) is 0 Å². The van der Waals surface area contributed by atoms with E-state index >= 15 is 0 Å². The molecule has 0 aliphatic carbocycles. The second-order valence-corrected chi connectivity index (χ2v) is 6.65. The second-order valence-electron chi connectivity index (χ2n) is 4.97. The van der Waals surface area contributed by atoms with Gasteiger partial charge in [-0.25, -0.2) is 8.42 Å². The summed E-state index contributed by atoms with van der Waals surface area (Å²) < 4.78 is 29.0. The molecule has 0 atom stereocenters. The van der Waals surface area contributed by atoms with E-state index in [0.29, 0.717) is 12.2 Å². The van der Waals surface area contributed by atoms with E-state index < -0.39 is 10.0 Å². The zero-order valence-corrected chi connectivity index (χ0v) is 13.2. The van der Waals surface area contributed by atoms with Gasteiger partial charge in [-0.1, -0.05) is 12.1 Å². The lowest BCUT2D eigenvalue weighted by Crippen LogP contribution is -2.15. The summed E-state index contributed by atoms with van der Waals surface area (Å²) in [6.07, 6.45) is 2.90.